The third-order valence-corrected chi connectivity index (χ3v) is 4.10. The fourth-order valence-electron chi connectivity index (χ4n) is 2.98. The second kappa shape index (κ2) is 7.64. The van der Waals surface area contributed by atoms with Gasteiger partial charge in [0.25, 0.3) is 0 Å². The molecule has 1 unspecified atom stereocenters. The Kier molecular flexibility index (Phi) is 5.84. The minimum absolute atomic E-state index is 0.102. The summed E-state index contributed by atoms with van der Waals surface area (Å²) < 4.78 is 13.1. The van der Waals surface area contributed by atoms with E-state index < -0.39 is 0 Å². The van der Waals surface area contributed by atoms with Crippen LogP contribution in [-0.4, -0.2) is 6.54 Å². The molecule has 0 radical (unpaired) electrons. The zero-order chi connectivity index (χ0) is 13.5. The maximum absolute atomic E-state index is 13.1. The number of unbranched alkanes of at least 4 members (excludes halogenated alkanes) is 5. The van der Waals surface area contributed by atoms with E-state index in [1.807, 2.05) is 6.07 Å². The molecule has 1 aromatic rings. The zero-order valence-electron chi connectivity index (χ0n) is 12.1. The molecule has 0 amide bonds. The number of aryl methyl sites for hydroxylation is 1. The van der Waals surface area contributed by atoms with Crippen molar-refractivity contribution >= 4 is 0 Å². The summed E-state index contributed by atoms with van der Waals surface area (Å²) in [6.45, 7) is 3.34. The monoisotopic (exact) mass is 263 g/mol. The third kappa shape index (κ3) is 4.31. The minimum atomic E-state index is -0.102. The van der Waals surface area contributed by atoms with Crippen LogP contribution in [0.15, 0.2) is 18.2 Å². The van der Waals surface area contributed by atoms with Gasteiger partial charge in [-0.15, -0.1) is 0 Å². The average molecular weight is 263 g/mol. The van der Waals surface area contributed by atoms with Gasteiger partial charge in [0.15, 0.2) is 0 Å². The van der Waals surface area contributed by atoms with Crippen LogP contribution in [0.5, 0.6) is 0 Å². The molecule has 0 saturated heterocycles. The van der Waals surface area contributed by atoms with Crippen molar-refractivity contribution < 1.29 is 4.39 Å². The lowest BCUT2D eigenvalue weighted by atomic mass is 10.1. The summed E-state index contributed by atoms with van der Waals surface area (Å²) in [5.74, 6) is -0.102. The summed E-state index contributed by atoms with van der Waals surface area (Å²) in [6.07, 6.45) is 10.1. The molecule has 0 aliphatic heterocycles. The number of halogens is 1. The standard InChI is InChI=1S/C17H26FN/c1-2-3-4-5-6-7-12-19-17-11-8-14-13-15(18)9-10-16(14)17/h9-10,13,17,19H,2-8,11-12H2,1H3. The van der Waals surface area contributed by atoms with Crippen molar-refractivity contribution in [2.45, 2.75) is 64.3 Å². The van der Waals surface area contributed by atoms with Crippen molar-refractivity contribution in [1.29, 1.82) is 0 Å². The van der Waals surface area contributed by atoms with Crippen LogP contribution in [0, 0.1) is 5.82 Å². The molecule has 0 heterocycles. The molecule has 1 aromatic carbocycles. The first-order valence-corrected chi connectivity index (χ1v) is 7.83. The Bertz CT molecular complexity index is 389. The van der Waals surface area contributed by atoms with Crippen molar-refractivity contribution in [3.8, 4) is 0 Å². The molecule has 1 atom stereocenters. The zero-order valence-corrected chi connectivity index (χ0v) is 12.1. The molecule has 0 fully saturated rings. The first-order valence-electron chi connectivity index (χ1n) is 7.83. The highest BCUT2D eigenvalue weighted by atomic mass is 19.1. The van der Waals surface area contributed by atoms with Crippen LogP contribution in [-0.2, 0) is 6.42 Å². The van der Waals surface area contributed by atoms with E-state index in [0.717, 1.165) is 19.4 Å². The molecular formula is C17H26FN. The van der Waals surface area contributed by atoms with Crippen LogP contribution in [0.2, 0.25) is 0 Å². The minimum Gasteiger partial charge on any atom is -0.310 e. The fraction of sp³-hybridized carbons (Fsp3) is 0.647. The molecule has 0 saturated carbocycles. The molecule has 2 rings (SSSR count). The number of benzene rings is 1. The number of hydrogen-bond acceptors (Lipinski definition) is 1. The second-order valence-electron chi connectivity index (χ2n) is 5.66. The highest BCUT2D eigenvalue weighted by Crippen LogP contribution is 2.31. The van der Waals surface area contributed by atoms with Gasteiger partial charge in [0.1, 0.15) is 5.82 Å². The van der Waals surface area contributed by atoms with Gasteiger partial charge in [0, 0.05) is 6.04 Å². The van der Waals surface area contributed by atoms with Crippen LogP contribution in [0.1, 0.15) is 69.0 Å². The maximum atomic E-state index is 13.1. The van der Waals surface area contributed by atoms with Gasteiger partial charge in [-0.05, 0) is 49.1 Å². The number of fused-ring (bicyclic) bond motifs is 1. The van der Waals surface area contributed by atoms with Gasteiger partial charge in [-0.1, -0.05) is 45.1 Å². The molecule has 1 aliphatic carbocycles. The highest BCUT2D eigenvalue weighted by Gasteiger charge is 2.21. The van der Waals surface area contributed by atoms with E-state index in [-0.39, 0.29) is 5.82 Å². The molecule has 1 N–H and O–H groups in total. The van der Waals surface area contributed by atoms with Crippen molar-refractivity contribution in [3.05, 3.63) is 35.1 Å². The molecule has 2 heteroatoms. The molecule has 0 spiro atoms. The first-order chi connectivity index (χ1) is 9.31. The van der Waals surface area contributed by atoms with Crippen molar-refractivity contribution in [1.82, 2.24) is 5.32 Å². The molecule has 1 nitrogen and oxygen atoms in total. The summed E-state index contributed by atoms with van der Waals surface area (Å²) in [4.78, 5) is 0. The molecule has 106 valence electrons. The van der Waals surface area contributed by atoms with Gasteiger partial charge >= 0.3 is 0 Å². The molecule has 0 bridgehead atoms. The Hall–Kier alpha value is -0.890. The van der Waals surface area contributed by atoms with Crippen molar-refractivity contribution in [2.75, 3.05) is 6.54 Å². The summed E-state index contributed by atoms with van der Waals surface area (Å²) in [6, 6.07) is 5.69. The van der Waals surface area contributed by atoms with Crippen LogP contribution >= 0.6 is 0 Å². The largest absolute Gasteiger partial charge is 0.310 e. The molecule has 19 heavy (non-hydrogen) atoms. The molecule has 1 aliphatic rings. The van der Waals surface area contributed by atoms with Gasteiger partial charge in [-0.3, -0.25) is 0 Å². The highest BCUT2D eigenvalue weighted by molar-refractivity contribution is 5.34. The smallest absolute Gasteiger partial charge is 0.123 e. The van der Waals surface area contributed by atoms with Crippen molar-refractivity contribution in [2.24, 2.45) is 0 Å². The lowest BCUT2D eigenvalue weighted by molar-refractivity contribution is 0.501. The van der Waals surface area contributed by atoms with Gasteiger partial charge in [-0.2, -0.15) is 0 Å². The summed E-state index contributed by atoms with van der Waals surface area (Å²) in [7, 11) is 0. The quantitative estimate of drug-likeness (QED) is 0.667. The van der Waals surface area contributed by atoms with Gasteiger partial charge in [0.05, 0.1) is 0 Å². The van der Waals surface area contributed by atoms with Crippen LogP contribution in [0.3, 0.4) is 0 Å². The number of rotatable bonds is 8. The van der Waals surface area contributed by atoms with E-state index in [4.69, 9.17) is 0 Å². The SMILES string of the molecule is CCCCCCCCNC1CCc2cc(F)ccc21. The molecule has 0 aromatic heterocycles. The van der Waals surface area contributed by atoms with E-state index >= 15 is 0 Å². The lowest BCUT2D eigenvalue weighted by Gasteiger charge is -2.14. The van der Waals surface area contributed by atoms with Crippen molar-refractivity contribution in [3.63, 3.8) is 0 Å². The summed E-state index contributed by atoms with van der Waals surface area (Å²) in [5.41, 5.74) is 2.51. The predicted octanol–water partition coefficient (Wildman–Crippen LogP) is 4.76. The number of hydrogen-bond donors (Lipinski definition) is 1. The Balaban J connectivity index is 1.66. The summed E-state index contributed by atoms with van der Waals surface area (Å²) >= 11 is 0. The Morgan fingerprint density at radius 2 is 1.95 bits per heavy atom. The van der Waals surface area contributed by atoms with E-state index in [1.54, 1.807) is 12.1 Å². The third-order valence-electron chi connectivity index (χ3n) is 4.10. The van der Waals surface area contributed by atoms with Gasteiger partial charge in [-0.25, -0.2) is 4.39 Å². The maximum Gasteiger partial charge on any atom is 0.123 e. The molecular weight excluding hydrogens is 237 g/mol. The predicted molar refractivity (Wildman–Crippen MR) is 78.8 cm³/mol. The first kappa shape index (κ1) is 14.5. The van der Waals surface area contributed by atoms with E-state index in [9.17, 15) is 4.39 Å². The Morgan fingerprint density at radius 1 is 1.16 bits per heavy atom. The van der Waals surface area contributed by atoms with E-state index in [0.29, 0.717) is 6.04 Å². The fourth-order valence-corrected chi connectivity index (χ4v) is 2.98. The van der Waals surface area contributed by atoms with Crippen LogP contribution in [0.25, 0.3) is 0 Å². The van der Waals surface area contributed by atoms with E-state index in [1.165, 1.54) is 49.7 Å². The van der Waals surface area contributed by atoms with Gasteiger partial charge in [0.2, 0.25) is 0 Å². The lowest BCUT2D eigenvalue weighted by Crippen LogP contribution is -2.20. The van der Waals surface area contributed by atoms with Crippen LogP contribution < -0.4 is 5.32 Å². The van der Waals surface area contributed by atoms with Gasteiger partial charge < -0.3 is 5.32 Å². The van der Waals surface area contributed by atoms with Crippen LogP contribution in [0.4, 0.5) is 4.39 Å². The summed E-state index contributed by atoms with van der Waals surface area (Å²) in [5, 5.41) is 3.63. The Morgan fingerprint density at radius 3 is 2.79 bits per heavy atom. The topological polar surface area (TPSA) is 12.0 Å². The Labute approximate surface area is 116 Å². The number of nitrogens with one attached hydrogen (secondary N) is 1. The average Bonchev–Trinajstić information content (AvgIpc) is 2.80. The van der Waals surface area contributed by atoms with E-state index in [2.05, 4.69) is 12.2 Å². The normalized spacial score (nSPS) is 17.7. The second-order valence-corrected chi connectivity index (χ2v) is 5.66.